The SMILES string of the molecule is O=C(NC[C@H]1COc2ccccc2O1)c1cn(C2CCCC2)cc(C(=O)N2CCCCC2)c1=O. The molecule has 3 aliphatic rings. The van der Waals surface area contributed by atoms with Crippen molar-refractivity contribution in [2.24, 2.45) is 0 Å². The van der Waals surface area contributed by atoms with Crippen LogP contribution in [0.25, 0.3) is 0 Å². The lowest BCUT2D eigenvalue weighted by atomic mass is 10.1. The Morgan fingerprint density at radius 2 is 1.65 bits per heavy atom. The van der Waals surface area contributed by atoms with Gasteiger partial charge in [0.25, 0.3) is 11.8 Å². The maximum absolute atomic E-state index is 13.3. The van der Waals surface area contributed by atoms with Gasteiger partial charge in [0.2, 0.25) is 5.43 Å². The van der Waals surface area contributed by atoms with Gasteiger partial charge in [-0.15, -0.1) is 0 Å². The number of nitrogens with zero attached hydrogens (tertiary/aromatic N) is 2. The maximum Gasteiger partial charge on any atom is 0.259 e. The number of fused-ring (bicyclic) bond motifs is 1. The molecule has 2 fully saturated rings. The third kappa shape index (κ3) is 4.67. The van der Waals surface area contributed by atoms with Crippen molar-refractivity contribution in [2.45, 2.75) is 57.1 Å². The van der Waals surface area contributed by atoms with Gasteiger partial charge in [0, 0.05) is 31.5 Å². The van der Waals surface area contributed by atoms with E-state index in [1.54, 1.807) is 17.3 Å². The molecular formula is C26H31N3O5. The number of nitrogens with one attached hydrogen (secondary N) is 1. The smallest absolute Gasteiger partial charge is 0.259 e. The van der Waals surface area contributed by atoms with Gasteiger partial charge in [0.15, 0.2) is 11.5 Å². The number of rotatable bonds is 5. The number of likely N-dealkylation sites (tertiary alicyclic amines) is 1. The van der Waals surface area contributed by atoms with Crippen LogP contribution in [0, 0.1) is 0 Å². The molecule has 2 aromatic rings. The van der Waals surface area contributed by atoms with E-state index < -0.39 is 11.3 Å². The molecular weight excluding hydrogens is 434 g/mol. The Balaban J connectivity index is 1.36. The Kier molecular flexibility index (Phi) is 6.56. The van der Waals surface area contributed by atoms with Crippen LogP contribution in [0.4, 0.5) is 0 Å². The lowest BCUT2D eigenvalue weighted by Crippen LogP contribution is -2.43. The number of amides is 2. The van der Waals surface area contributed by atoms with E-state index in [2.05, 4.69) is 5.32 Å². The molecule has 2 aliphatic heterocycles. The van der Waals surface area contributed by atoms with Crippen molar-refractivity contribution in [1.29, 1.82) is 0 Å². The third-order valence-electron chi connectivity index (χ3n) is 6.97. The van der Waals surface area contributed by atoms with Crippen molar-refractivity contribution in [3.05, 3.63) is 58.0 Å². The van der Waals surface area contributed by atoms with Crippen molar-refractivity contribution in [1.82, 2.24) is 14.8 Å². The monoisotopic (exact) mass is 465 g/mol. The van der Waals surface area contributed by atoms with Gasteiger partial charge in [-0.2, -0.15) is 0 Å². The topological polar surface area (TPSA) is 89.9 Å². The number of carbonyl (C=O) groups excluding carboxylic acids is 2. The van der Waals surface area contributed by atoms with E-state index in [1.165, 1.54) is 0 Å². The molecule has 34 heavy (non-hydrogen) atoms. The molecule has 1 aromatic carbocycles. The van der Waals surface area contributed by atoms with E-state index >= 15 is 0 Å². The molecule has 5 rings (SSSR count). The van der Waals surface area contributed by atoms with Gasteiger partial charge in [-0.1, -0.05) is 25.0 Å². The van der Waals surface area contributed by atoms with Gasteiger partial charge in [0.05, 0.1) is 6.54 Å². The highest BCUT2D eigenvalue weighted by Crippen LogP contribution is 2.31. The van der Waals surface area contributed by atoms with Gasteiger partial charge in [0.1, 0.15) is 23.8 Å². The molecule has 0 spiro atoms. The summed E-state index contributed by atoms with van der Waals surface area (Å²) in [6, 6.07) is 7.59. The summed E-state index contributed by atoms with van der Waals surface area (Å²) in [6.45, 7) is 1.80. The fraction of sp³-hybridized carbons (Fsp3) is 0.500. The molecule has 1 saturated carbocycles. The molecule has 1 aliphatic carbocycles. The van der Waals surface area contributed by atoms with Crippen molar-refractivity contribution >= 4 is 11.8 Å². The minimum absolute atomic E-state index is 0.00638. The van der Waals surface area contributed by atoms with Crippen LogP contribution in [-0.2, 0) is 0 Å². The largest absolute Gasteiger partial charge is 0.486 e. The molecule has 1 atom stereocenters. The highest BCUT2D eigenvalue weighted by Gasteiger charge is 2.28. The van der Waals surface area contributed by atoms with E-state index in [0.717, 1.165) is 44.9 Å². The second-order valence-corrected chi connectivity index (χ2v) is 9.36. The van der Waals surface area contributed by atoms with Crippen LogP contribution in [0.2, 0.25) is 0 Å². The summed E-state index contributed by atoms with van der Waals surface area (Å²) < 4.78 is 13.5. The average Bonchev–Trinajstić information content (AvgIpc) is 3.42. The first-order chi connectivity index (χ1) is 16.6. The van der Waals surface area contributed by atoms with Gasteiger partial charge >= 0.3 is 0 Å². The fourth-order valence-corrected chi connectivity index (χ4v) is 5.06. The summed E-state index contributed by atoms with van der Waals surface area (Å²) in [4.78, 5) is 41.4. The zero-order valence-electron chi connectivity index (χ0n) is 19.3. The predicted molar refractivity (Wildman–Crippen MR) is 127 cm³/mol. The number of aromatic nitrogens is 1. The molecule has 1 N–H and O–H groups in total. The predicted octanol–water partition coefficient (Wildman–Crippen LogP) is 3.16. The van der Waals surface area contributed by atoms with E-state index in [1.807, 2.05) is 28.8 Å². The minimum Gasteiger partial charge on any atom is -0.486 e. The van der Waals surface area contributed by atoms with Gasteiger partial charge in [-0.3, -0.25) is 14.4 Å². The number of hydrogen-bond acceptors (Lipinski definition) is 5. The number of hydrogen-bond donors (Lipinski definition) is 1. The number of para-hydroxylation sites is 2. The summed E-state index contributed by atoms with van der Waals surface area (Å²) in [7, 11) is 0. The van der Waals surface area contributed by atoms with Crippen molar-refractivity contribution in [3.63, 3.8) is 0 Å². The Bertz CT molecular complexity index is 1120. The summed E-state index contributed by atoms with van der Waals surface area (Å²) in [5.74, 6) is 0.540. The zero-order valence-corrected chi connectivity index (χ0v) is 19.3. The van der Waals surface area contributed by atoms with Crippen LogP contribution in [-0.4, -0.2) is 53.6 Å². The van der Waals surface area contributed by atoms with E-state index in [0.29, 0.717) is 31.2 Å². The van der Waals surface area contributed by atoms with Gasteiger partial charge in [-0.05, 0) is 44.2 Å². The van der Waals surface area contributed by atoms with Crippen LogP contribution in [0.5, 0.6) is 11.5 Å². The van der Waals surface area contributed by atoms with E-state index in [-0.39, 0.29) is 35.7 Å². The number of benzene rings is 1. The molecule has 3 heterocycles. The van der Waals surface area contributed by atoms with Crippen molar-refractivity contribution in [2.75, 3.05) is 26.2 Å². The summed E-state index contributed by atoms with van der Waals surface area (Å²) >= 11 is 0. The molecule has 0 unspecified atom stereocenters. The number of piperidine rings is 1. The quantitative estimate of drug-likeness (QED) is 0.733. The molecule has 8 nitrogen and oxygen atoms in total. The third-order valence-corrected chi connectivity index (χ3v) is 6.97. The second-order valence-electron chi connectivity index (χ2n) is 9.36. The molecule has 1 aromatic heterocycles. The van der Waals surface area contributed by atoms with Crippen LogP contribution in [0.1, 0.15) is 71.7 Å². The van der Waals surface area contributed by atoms with Crippen LogP contribution in [0.3, 0.4) is 0 Å². The van der Waals surface area contributed by atoms with Gasteiger partial charge in [-0.25, -0.2) is 0 Å². The molecule has 1 saturated heterocycles. The highest BCUT2D eigenvalue weighted by molar-refractivity contribution is 5.99. The molecule has 180 valence electrons. The average molecular weight is 466 g/mol. The van der Waals surface area contributed by atoms with Crippen molar-refractivity contribution in [3.8, 4) is 11.5 Å². The first-order valence-electron chi connectivity index (χ1n) is 12.3. The van der Waals surface area contributed by atoms with Crippen LogP contribution in [0.15, 0.2) is 41.5 Å². The summed E-state index contributed by atoms with van der Waals surface area (Å²) in [5.41, 5.74) is -0.409. The number of ether oxygens (including phenoxy) is 2. The summed E-state index contributed by atoms with van der Waals surface area (Å²) in [5, 5.41) is 2.82. The van der Waals surface area contributed by atoms with Crippen LogP contribution < -0.4 is 20.2 Å². The normalized spacial score (nSPS) is 20.2. The van der Waals surface area contributed by atoms with Gasteiger partial charge < -0.3 is 24.3 Å². The lowest BCUT2D eigenvalue weighted by Gasteiger charge is -2.27. The molecule has 0 radical (unpaired) electrons. The molecule has 2 amide bonds. The maximum atomic E-state index is 13.3. The molecule has 0 bridgehead atoms. The lowest BCUT2D eigenvalue weighted by molar-refractivity contribution is 0.0721. The minimum atomic E-state index is -0.506. The second kappa shape index (κ2) is 9.91. The van der Waals surface area contributed by atoms with Crippen LogP contribution >= 0.6 is 0 Å². The number of carbonyl (C=O) groups is 2. The van der Waals surface area contributed by atoms with E-state index in [4.69, 9.17) is 9.47 Å². The Morgan fingerprint density at radius 1 is 0.941 bits per heavy atom. The standard InChI is InChI=1S/C26H31N3O5/c30-24-20(25(31)27-14-19-17-33-22-10-4-5-11-23(22)34-19)15-29(18-8-2-3-9-18)16-21(24)26(32)28-12-6-1-7-13-28/h4-5,10-11,15-16,18-19H,1-3,6-9,12-14,17H2,(H,27,31)/t19-/m0/s1. The Labute approximate surface area is 198 Å². The fourth-order valence-electron chi connectivity index (χ4n) is 5.06. The van der Waals surface area contributed by atoms with E-state index in [9.17, 15) is 14.4 Å². The zero-order chi connectivity index (χ0) is 23.5. The highest BCUT2D eigenvalue weighted by atomic mass is 16.6. The first-order valence-corrected chi connectivity index (χ1v) is 12.3. The summed E-state index contributed by atoms with van der Waals surface area (Å²) in [6.07, 6.45) is 10.1. The number of pyridine rings is 1. The molecule has 8 heteroatoms. The Morgan fingerprint density at radius 3 is 2.41 bits per heavy atom. The Hall–Kier alpha value is -3.29. The first kappa shape index (κ1) is 22.5. The van der Waals surface area contributed by atoms with Crippen molar-refractivity contribution < 1.29 is 19.1 Å².